The van der Waals surface area contributed by atoms with Crippen molar-refractivity contribution in [1.29, 1.82) is 0 Å². The van der Waals surface area contributed by atoms with Gasteiger partial charge in [-0.2, -0.15) is 13.2 Å². The molecular weight excluding hydrogens is 281 g/mol. The summed E-state index contributed by atoms with van der Waals surface area (Å²) >= 11 is 0. The molecule has 0 heterocycles. The van der Waals surface area contributed by atoms with Gasteiger partial charge in [-0.05, 0) is 24.3 Å². The number of rotatable bonds is 6. The molecule has 110 valence electrons. The van der Waals surface area contributed by atoms with Gasteiger partial charge < -0.3 is 14.2 Å². The third-order valence-corrected chi connectivity index (χ3v) is 2.07. The standard InChI is InChI=1S/C12H11F3O5/c1-18-7-20-10(16)6-19-9-4-2-8(3-5-9)11(17)12(13,14)15/h2-5H,6-7H2,1H3. The van der Waals surface area contributed by atoms with Crippen molar-refractivity contribution < 1.29 is 37.0 Å². The van der Waals surface area contributed by atoms with E-state index in [4.69, 9.17) is 4.74 Å². The lowest BCUT2D eigenvalue weighted by atomic mass is 10.1. The molecule has 0 amide bonds. The Balaban J connectivity index is 2.55. The molecule has 0 atom stereocenters. The number of ketones is 1. The van der Waals surface area contributed by atoms with Crippen LogP contribution in [-0.4, -0.2) is 38.4 Å². The van der Waals surface area contributed by atoms with Crippen molar-refractivity contribution in [2.75, 3.05) is 20.5 Å². The third-order valence-electron chi connectivity index (χ3n) is 2.07. The summed E-state index contributed by atoms with van der Waals surface area (Å²) < 4.78 is 50.5. The molecule has 0 saturated carbocycles. The van der Waals surface area contributed by atoms with Crippen LogP contribution in [0.3, 0.4) is 0 Å². The minimum Gasteiger partial charge on any atom is -0.482 e. The molecule has 0 N–H and O–H groups in total. The number of alkyl halides is 3. The maximum absolute atomic E-state index is 12.2. The second-order valence-electron chi connectivity index (χ2n) is 3.56. The zero-order chi connectivity index (χ0) is 15.2. The molecule has 0 aliphatic carbocycles. The molecule has 0 unspecified atom stereocenters. The molecule has 0 aromatic heterocycles. The van der Waals surface area contributed by atoms with Gasteiger partial charge in [-0.15, -0.1) is 0 Å². The average Bonchev–Trinajstić information content (AvgIpc) is 2.41. The number of halogens is 3. The fraction of sp³-hybridized carbons (Fsp3) is 0.333. The summed E-state index contributed by atoms with van der Waals surface area (Å²) in [7, 11) is 1.34. The number of Topliss-reactive ketones (excluding diaryl/α,β-unsaturated/α-hetero) is 1. The van der Waals surface area contributed by atoms with E-state index in [0.717, 1.165) is 24.3 Å². The van der Waals surface area contributed by atoms with Crippen molar-refractivity contribution in [3.8, 4) is 5.75 Å². The first-order chi connectivity index (χ1) is 9.34. The number of carbonyl (C=O) groups is 2. The van der Waals surface area contributed by atoms with Crippen LogP contribution in [0.5, 0.6) is 5.75 Å². The molecule has 1 aromatic rings. The molecule has 0 fully saturated rings. The topological polar surface area (TPSA) is 61.8 Å². The van der Waals surface area contributed by atoms with Crippen LogP contribution >= 0.6 is 0 Å². The second kappa shape index (κ2) is 6.90. The zero-order valence-corrected chi connectivity index (χ0v) is 10.4. The summed E-state index contributed by atoms with van der Waals surface area (Å²) in [5, 5.41) is 0. The molecule has 0 aliphatic heterocycles. The number of benzene rings is 1. The van der Waals surface area contributed by atoms with Gasteiger partial charge in [-0.3, -0.25) is 4.79 Å². The molecule has 20 heavy (non-hydrogen) atoms. The van der Waals surface area contributed by atoms with E-state index in [1.807, 2.05) is 0 Å². The van der Waals surface area contributed by atoms with Gasteiger partial charge >= 0.3 is 12.1 Å². The number of esters is 1. The normalized spacial score (nSPS) is 11.0. The lowest BCUT2D eigenvalue weighted by molar-refractivity contribution is -0.156. The van der Waals surface area contributed by atoms with Crippen molar-refractivity contribution in [3.63, 3.8) is 0 Å². The summed E-state index contributed by atoms with van der Waals surface area (Å²) in [4.78, 5) is 22.0. The van der Waals surface area contributed by atoms with Crippen LogP contribution < -0.4 is 4.74 Å². The molecule has 0 saturated heterocycles. The van der Waals surface area contributed by atoms with Gasteiger partial charge in [0.1, 0.15) is 5.75 Å². The van der Waals surface area contributed by atoms with Crippen LogP contribution in [-0.2, 0) is 14.3 Å². The summed E-state index contributed by atoms with van der Waals surface area (Å²) in [6.07, 6.45) is -4.92. The highest BCUT2D eigenvalue weighted by Crippen LogP contribution is 2.22. The van der Waals surface area contributed by atoms with Crippen molar-refractivity contribution >= 4 is 11.8 Å². The Hall–Kier alpha value is -2.09. The predicted octanol–water partition coefficient (Wildman–Crippen LogP) is 1.96. The number of ether oxygens (including phenoxy) is 3. The number of carbonyl (C=O) groups excluding carboxylic acids is 2. The maximum Gasteiger partial charge on any atom is 0.454 e. The summed E-state index contributed by atoms with van der Waals surface area (Å²) in [5.41, 5.74) is -0.508. The van der Waals surface area contributed by atoms with E-state index in [9.17, 15) is 22.8 Å². The van der Waals surface area contributed by atoms with Crippen LogP contribution in [0.2, 0.25) is 0 Å². The van der Waals surface area contributed by atoms with Crippen LogP contribution in [0.15, 0.2) is 24.3 Å². The van der Waals surface area contributed by atoms with Crippen molar-refractivity contribution in [3.05, 3.63) is 29.8 Å². The van der Waals surface area contributed by atoms with E-state index < -0.39 is 30.1 Å². The zero-order valence-electron chi connectivity index (χ0n) is 10.4. The van der Waals surface area contributed by atoms with Crippen molar-refractivity contribution in [1.82, 2.24) is 0 Å². The van der Waals surface area contributed by atoms with Crippen LogP contribution in [0.25, 0.3) is 0 Å². The number of hydrogen-bond donors (Lipinski definition) is 0. The van der Waals surface area contributed by atoms with Gasteiger partial charge in [-0.1, -0.05) is 0 Å². The highest BCUT2D eigenvalue weighted by atomic mass is 19.4. The van der Waals surface area contributed by atoms with Gasteiger partial charge in [0.05, 0.1) is 0 Å². The number of hydrogen-bond acceptors (Lipinski definition) is 5. The largest absolute Gasteiger partial charge is 0.482 e. The van der Waals surface area contributed by atoms with Crippen LogP contribution in [0, 0.1) is 0 Å². The first kappa shape index (κ1) is 16.0. The quantitative estimate of drug-likeness (QED) is 0.455. The Labute approximate surface area is 112 Å². The summed E-state index contributed by atoms with van der Waals surface area (Å²) in [5.74, 6) is -2.50. The lowest BCUT2D eigenvalue weighted by Crippen LogP contribution is -2.22. The smallest absolute Gasteiger partial charge is 0.454 e. The van der Waals surface area contributed by atoms with Gasteiger partial charge in [-0.25, -0.2) is 4.79 Å². The molecule has 8 heteroatoms. The minimum atomic E-state index is -4.92. The van der Waals surface area contributed by atoms with E-state index in [0.29, 0.717) is 0 Å². The van der Waals surface area contributed by atoms with Crippen LogP contribution in [0.4, 0.5) is 13.2 Å². The molecule has 0 radical (unpaired) electrons. The van der Waals surface area contributed by atoms with Gasteiger partial charge in [0.15, 0.2) is 13.4 Å². The molecule has 0 aliphatic rings. The Morgan fingerprint density at radius 3 is 2.25 bits per heavy atom. The Bertz CT molecular complexity index is 467. The highest BCUT2D eigenvalue weighted by molar-refractivity contribution is 6.00. The lowest BCUT2D eigenvalue weighted by Gasteiger charge is -2.08. The molecule has 5 nitrogen and oxygen atoms in total. The SMILES string of the molecule is COCOC(=O)COc1ccc(C(=O)C(F)(F)F)cc1. The number of methoxy groups -OCH3 is 1. The Morgan fingerprint density at radius 2 is 1.75 bits per heavy atom. The van der Waals surface area contributed by atoms with Gasteiger partial charge in [0.25, 0.3) is 5.78 Å². The first-order valence-corrected chi connectivity index (χ1v) is 5.33. The van der Waals surface area contributed by atoms with E-state index in [1.165, 1.54) is 7.11 Å². The van der Waals surface area contributed by atoms with E-state index in [-0.39, 0.29) is 12.5 Å². The van der Waals surface area contributed by atoms with Crippen molar-refractivity contribution in [2.24, 2.45) is 0 Å². The average molecular weight is 292 g/mol. The Kier molecular flexibility index (Phi) is 5.51. The summed E-state index contributed by atoms with van der Waals surface area (Å²) in [6, 6.07) is 4.24. The molecule has 1 rings (SSSR count). The van der Waals surface area contributed by atoms with E-state index in [2.05, 4.69) is 9.47 Å². The minimum absolute atomic E-state index is 0.137. The van der Waals surface area contributed by atoms with Gasteiger partial charge in [0.2, 0.25) is 0 Å². The first-order valence-electron chi connectivity index (χ1n) is 5.33. The fourth-order valence-electron chi connectivity index (χ4n) is 1.17. The summed E-state index contributed by atoms with van der Waals surface area (Å²) in [6.45, 7) is -0.642. The molecule has 1 aromatic carbocycles. The Morgan fingerprint density at radius 1 is 1.15 bits per heavy atom. The van der Waals surface area contributed by atoms with E-state index >= 15 is 0 Å². The monoisotopic (exact) mass is 292 g/mol. The maximum atomic E-state index is 12.2. The predicted molar refractivity (Wildman–Crippen MR) is 60.3 cm³/mol. The van der Waals surface area contributed by atoms with Crippen molar-refractivity contribution in [2.45, 2.75) is 6.18 Å². The second-order valence-corrected chi connectivity index (χ2v) is 3.56. The molecular formula is C12H11F3O5. The fourth-order valence-corrected chi connectivity index (χ4v) is 1.17. The molecule has 0 spiro atoms. The molecule has 0 bridgehead atoms. The van der Waals surface area contributed by atoms with E-state index in [1.54, 1.807) is 0 Å². The highest BCUT2D eigenvalue weighted by Gasteiger charge is 2.39. The third kappa shape index (κ3) is 4.88. The van der Waals surface area contributed by atoms with Gasteiger partial charge in [0, 0.05) is 12.7 Å². The van der Waals surface area contributed by atoms with Crippen LogP contribution in [0.1, 0.15) is 10.4 Å².